The van der Waals surface area contributed by atoms with Crippen LogP contribution in [0.5, 0.6) is 0 Å². The lowest BCUT2D eigenvalue weighted by molar-refractivity contribution is -0.442. The van der Waals surface area contributed by atoms with Gasteiger partial charge in [0.05, 0.1) is 81.5 Å². The summed E-state index contributed by atoms with van der Waals surface area (Å²) in [5, 5.41) is 0.427. The van der Waals surface area contributed by atoms with E-state index in [2.05, 4.69) is 0 Å². The highest BCUT2D eigenvalue weighted by molar-refractivity contribution is 7.86. The summed E-state index contributed by atoms with van der Waals surface area (Å²) in [6.45, 7) is 4.09. The molecule has 0 aliphatic carbocycles. The molecule has 0 aromatic heterocycles. The minimum atomic E-state index is -5.01. The zero-order chi connectivity index (χ0) is 51.7. The Kier molecular flexibility index (Phi) is 18.8. The van der Waals surface area contributed by atoms with Crippen LogP contribution < -0.4 is 4.90 Å². The summed E-state index contributed by atoms with van der Waals surface area (Å²) in [6.07, 6.45) is 4.09. The van der Waals surface area contributed by atoms with Crippen LogP contribution in [0.4, 0.5) is 11.4 Å². The van der Waals surface area contributed by atoms with Crippen molar-refractivity contribution in [2.45, 2.75) is 79.4 Å². The van der Waals surface area contributed by atoms with E-state index >= 15 is 0 Å². The highest BCUT2D eigenvalue weighted by atomic mass is 32.2. The van der Waals surface area contributed by atoms with E-state index in [9.17, 15) is 66.3 Å². The molecule has 0 N–H and O–H groups in total. The number of hydrogen-bond donors (Lipinski definition) is 0. The fourth-order valence-corrected chi connectivity index (χ4v) is 10.6. The molecule has 2 aromatic carbocycles. The standard InChI is InChI=1S/C43H57N3O20S4/c1-42(16-5-27-67(50,51)52)33-29-31(69(56,57)58)9-11-35(33)44(18-21-64-24-23-62-3)37(42)7-4-8-38-43(2,17-6-28-68(53,54)55)34-30-32(70(59,60)61)10-12-36(34)45(38)19-22-65-26-25-63-20-15-41(49)66-46-39(47)13-14-40(46)48/h4,7-12,29-30H,5-6,13-28H2,1-3H3,(H3-,50,51,52,53,54,55,56,57,58,59,60,61)/p-3. The molecule has 2 unspecified atom stereocenters. The van der Waals surface area contributed by atoms with Crippen molar-refractivity contribution in [1.82, 2.24) is 5.06 Å². The molecular formula is C43H54N3O20S4-3. The Morgan fingerprint density at radius 1 is 0.714 bits per heavy atom. The summed E-state index contributed by atoms with van der Waals surface area (Å²) in [4.78, 5) is 41.0. The van der Waals surface area contributed by atoms with Crippen LogP contribution in [0.2, 0.25) is 0 Å². The van der Waals surface area contributed by atoms with E-state index in [1.54, 1.807) is 41.6 Å². The number of nitrogens with zero attached hydrogens (tertiary/aromatic N) is 3. The average Bonchev–Trinajstić information content (AvgIpc) is 3.78. The maximum absolute atomic E-state index is 12.3. The third-order valence-corrected chi connectivity index (χ3v) is 15.3. The fraction of sp³-hybridized carbons (Fsp3) is 0.535. The number of methoxy groups -OCH3 is 1. The van der Waals surface area contributed by atoms with E-state index in [0.717, 1.165) is 12.1 Å². The number of hydroxylamine groups is 2. The zero-order valence-corrected chi connectivity index (χ0v) is 41.8. The van der Waals surface area contributed by atoms with Crippen LogP contribution in [0.1, 0.15) is 69.9 Å². The quantitative estimate of drug-likeness (QED) is 0.0503. The van der Waals surface area contributed by atoms with Gasteiger partial charge in [-0.15, -0.1) is 5.06 Å². The molecule has 0 radical (unpaired) electrons. The maximum Gasteiger partial charge on any atom is 0.335 e. The van der Waals surface area contributed by atoms with Crippen LogP contribution in [0, 0.1) is 0 Å². The number of carbonyl (C=O) groups is 3. The van der Waals surface area contributed by atoms with Crippen LogP contribution in [0.25, 0.3) is 0 Å². The van der Waals surface area contributed by atoms with E-state index in [1.807, 2.05) is 0 Å². The summed E-state index contributed by atoms with van der Waals surface area (Å²) >= 11 is 0. The molecule has 0 bridgehead atoms. The van der Waals surface area contributed by atoms with Gasteiger partial charge < -0.3 is 46.9 Å². The van der Waals surface area contributed by atoms with Gasteiger partial charge in [-0.25, -0.2) is 38.5 Å². The number of fused-ring (bicyclic) bond motifs is 2. The van der Waals surface area contributed by atoms with Crippen molar-refractivity contribution >= 4 is 75.3 Å². The van der Waals surface area contributed by atoms with Crippen molar-refractivity contribution in [3.63, 3.8) is 0 Å². The van der Waals surface area contributed by atoms with Gasteiger partial charge in [0.1, 0.15) is 26.8 Å². The molecule has 388 valence electrons. The van der Waals surface area contributed by atoms with Crippen molar-refractivity contribution in [2.75, 3.05) is 82.9 Å². The third kappa shape index (κ3) is 14.6. The second kappa shape index (κ2) is 23.4. The molecule has 1 saturated heterocycles. The fourth-order valence-electron chi connectivity index (χ4n) is 8.66. The van der Waals surface area contributed by atoms with Gasteiger partial charge in [-0.1, -0.05) is 6.08 Å². The van der Waals surface area contributed by atoms with E-state index in [4.69, 9.17) is 23.8 Å². The minimum Gasteiger partial charge on any atom is -0.748 e. The van der Waals surface area contributed by atoms with Crippen LogP contribution in [-0.2, 0) is 89.5 Å². The maximum atomic E-state index is 12.3. The minimum absolute atomic E-state index is 0.000340. The lowest BCUT2D eigenvalue weighted by Crippen LogP contribution is -2.33. The molecule has 3 aliphatic heterocycles. The molecule has 2 aromatic rings. The number of amides is 2. The van der Waals surface area contributed by atoms with Gasteiger partial charge in [-0.2, -0.15) is 4.58 Å². The topological polar surface area (TPSA) is 336 Å². The smallest absolute Gasteiger partial charge is 0.335 e. The summed E-state index contributed by atoms with van der Waals surface area (Å²) in [6, 6.07) is 7.51. The number of benzene rings is 2. The lowest BCUT2D eigenvalue weighted by Gasteiger charge is -2.31. The molecule has 5 rings (SSSR count). The molecule has 2 amide bonds. The van der Waals surface area contributed by atoms with Crippen LogP contribution >= 0.6 is 0 Å². The Morgan fingerprint density at radius 2 is 1.26 bits per heavy atom. The monoisotopic (exact) mass is 1060 g/mol. The summed E-state index contributed by atoms with van der Waals surface area (Å²) < 4.78 is 168. The van der Waals surface area contributed by atoms with E-state index < -0.39 is 90.4 Å². The van der Waals surface area contributed by atoms with E-state index in [0.29, 0.717) is 39.0 Å². The number of hydrogen-bond acceptors (Lipinski definition) is 21. The number of imide groups is 1. The van der Waals surface area contributed by atoms with E-state index in [1.165, 1.54) is 31.4 Å². The van der Waals surface area contributed by atoms with Gasteiger partial charge in [-0.3, -0.25) is 9.59 Å². The highest BCUT2D eigenvalue weighted by Crippen LogP contribution is 2.51. The normalized spacial score (nSPS) is 20.4. The molecule has 0 saturated carbocycles. The molecule has 1 fully saturated rings. The molecule has 3 aliphatic rings. The van der Waals surface area contributed by atoms with Crippen molar-refractivity contribution in [3.05, 3.63) is 71.5 Å². The molecular weight excluding hydrogens is 1010 g/mol. The summed E-state index contributed by atoms with van der Waals surface area (Å²) in [5.74, 6) is -3.63. The Bertz CT molecular complexity index is 2830. The predicted octanol–water partition coefficient (Wildman–Crippen LogP) is 1.41. The zero-order valence-electron chi connectivity index (χ0n) is 38.6. The van der Waals surface area contributed by atoms with Gasteiger partial charge >= 0.3 is 5.97 Å². The molecule has 0 spiro atoms. The number of allylic oxidation sites excluding steroid dienone is 4. The first-order valence-corrected chi connectivity index (χ1v) is 27.8. The van der Waals surface area contributed by atoms with Crippen LogP contribution in [-0.4, -0.2) is 163 Å². The largest absolute Gasteiger partial charge is 0.748 e. The molecule has 23 nitrogen and oxygen atoms in total. The number of rotatable bonds is 28. The van der Waals surface area contributed by atoms with Gasteiger partial charge in [0.15, 0.2) is 12.3 Å². The lowest BCUT2D eigenvalue weighted by atomic mass is 9.75. The average molecular weight is 1060 g/mol. The molecule has 3 heterocycles. The van der Waals surface area contributed by atoms with Crippen LogP contribution in [0.15, 0.2) is 70.1 Å². The van der Waals surface area contributed by atoms with Crippen molar-refractivity contribution in [1.29, 1.82) is 0 Å². The SMILES string of the molecule is COCCOCC[N+]1=C(/C=C/C=C2/N(CCOCCOCCC(=O)ON3C(=O)CCC3=O)c3ccc(S(=O)(=O)[O-])cc3C2(C)CCCS(=O)(=O)[O-])C(C)(CCCS(=O)(=O)[O-])c2cc(S(=O)(=O)[O-])ccc21. The van der Waals surface area contributed by atoms with Crippen molar-refractivity contribution < 1.29 is 94.6 Å². The van der Waals surface area contributed by atoms with Gasteiger partial charge in [0.25, 0.3) is 11.8 Å². The second-order valence-corrected chi connectivity index (χ2v) is 22.7. The highest BCUT2D eigenvalue weighted by Gasteiger charge is 2.48. The Balaban J connectivity index is 1.51. The number of ether oxygens (including phenoxy) is 4. The third-order valence-electron chi connectivity index (χ3n) is 12.0. The first-order valence-electron chi connectivity index (χ1n) is 21.9. The first kappa shape index (κ1) is 56.4. The van der Waals surface area contributed by atoms with Crippen LogP contribution in [0.3, 0.4) is 0 Å². The van der Waals surface area contributed by atoms with Crippen molar-refractivity contribution in [3.8, 4) is 0 Å². The Morgan fingerprint density at radius 3 is 1.84 bits per heavy atom. The van der Waals surface area contributed by atoms with Gasteiger partial charge in [0, 0.05) is 72.5 Å². The van der Waals surface area contributed by atoms with Gasteiger partial charge in [0.2, 0.25) is 5.69 Å². The van der Waals surface area contributed by atoms with Gasteiger partial charge in [-0.05, 0) is 81.5 Å². The number of carbonyl (C=O) groups excluding carboxylic acids is 3. The molecule has 27 heteroatoms. The molecule has 70 heavy (non-hydrogen) atoms. The Labute approximate surface area is 407 Å². The predicted molar refractivity (Wildman–Crippen MR) is 242 cm³/mol. The summed E-state index contributed by atoms with van der Waals surface area (Å²) in [7, 11) is -17.9. The second-order valence-electron chi connectivity index (χ2n) is 16.9. The van der Waals surface area contributed by atoms with E-state index in [-0.39, 0.29) is 104 Å². The summed E-state index contributed by atoms with van der Waals surface area (Å²) in [5.41, 5.74) is -0.0690. The molecule has 2 atom stereocenters. The Hall–Kier alpha value is -4.52. The number of anilines is 1. The first-order chi connectivity index (χ1) is 32.7. The van der Waals surface area contributed by atoms with Crippen molar-refractivity contribution in [2.24, 2.45) is 0 Å².